The first kappa shape index (κ1) is 18.5. The number of aromatic nitrogens is 3. The van der Waals surface area contributed by atoms with E-state index in [1.807, 2.05) is 0 Å². The van der Waals surface area contributed by atoms with Gasteiger partial charge in [0.25, 0.3) is 6.10 Å². The maximum absolute atomic E-state index is 12.6. The summed E-state index contributed by atoms with van der Waals surface area (Å²) in [7, 11) is 1.33. The molecule has 0 aliphatic heterocycles. The van der Waals surface area contributed by atoms with Gasteiger partial charge < -0.3 is 15.4 Å². The van der Waals surface area contributed by atoms with E-state index in [1.54, 1.807) is 30.3 Å². The molecular weight excluding hydrogens is 356 g/mol. The van der Waals surface area contributed by atoms with E-state index < -0.39 is 24.5 Å². The van der Waals surface area contributed by atoms with E-state index in [2.05, 4.69) is 30.3 Å². The van der Waals surface area contributed by atoms with E-state index >= 15 is 0 Å². The minimum absolute atomic E-state index is 0.272. The molecule has 0 unspecified atom stereocenters. The van der Waals surface area contributed by atoms with Crippen LogP contribution in [0.5, 0.6) is 6.01 Å². The molecule has 0 amide bonds. The van der Waals surface area contributed by atoms with Crippen molar-refractivity contribution >= 4 is 17.6 Å². The van der Waals surface area contributed by atoms with E-state index in [0.29, 0.717) is 5.69 Å². The third-order valence-electron chi connectivity index (χ3n) is 2.69. The minimum atomic E-state index is -5.68. The maximum Gasteiger partial charge on any atom is 0.434 e. The quantitative estimate of drug-likeness (QED) is 0.788. The predicted molar refractivity (Wildman–Crippen MR) is 75.6 cm³/mol. The molecular formula is C13H11F6N5O. The van der Waals surface area contributed by atoms with E-state index in [0.717, 1.165) is 0 Å². The van der Waals surface area contributed by atoms with Crippen LogP contribution in [0.15, 0.2) is 30.3 Å². The van der Waals surface area contributed by atoms with Crippen LogP contribution >= 0.6 is 0 Å². The lowest BCUT2D eigenvalue weighted by Crippen LogP contribution is -2.46. The molecule has 0 radical (unpaired) electrons. The zero-order valence-corrected chi connectivity index (χ0v) is 12.5. The van der Waals surface area contributed by atoms with Crippen LogP contribution in [0.2, 0.25) is 0 Å². The van der Waals surface area contributed by atoms with Crippen molar-refractivity contribution in [3.05, 3.63) is 30.3 Å². The molecule has 0 spiro atoms. The number of anilines is 3. The molecule has 2 rings (SSSR count). The molecule has 0 saturated heterocycles. The monoisotopic (exact) mass is 367 g/mol. The largest absolute Gasteiger partial charge is 0.440 e. The van der Waals surface area contributed by atoms with E-state index in [1.165, 1.54) is 7.05 Å². The van der Waals surface area contributed by atoms with Gasteiger partial charge in [-0.15, -0.1) is 0 Å². The summed E-state index contributed by atoms with van der Waals surface area (Å²) < 4.78 is 79.5. The third kappa shape index (κ3) is 5.09. The number of benzene rings is 1. The summed E-state index contributed by atoms with van der Waals surface area (Å²) in [5, 5.41) is 5.02. The second-order valence-electron chi connectivity index (χ2n) is 4.59. The summed E-state index contributed by atoms with van der Waals surface area (Å²) in [5.41, 5.74) is 0.463. The molecule has 136 valence electrons. The van der Waals surface area contributed by atoms with Gasteiger partial charge in [-0.3, -0.25) is 0 Å². The van der Waals surface area contributed by atoms with Crippen molar-refractivity contribution in [2.24, 2.45) is 0 Å². The molecule has 1 heterocycles. The Kier molecular flexibility index (Phi) is 5.18. The van der Waals surface area contributed by atoms with Crippen molar-refractivity contribution in [2.75, 3.05) is 17.7 Å². The van der Waals surface area contributed by atoms with Crippen LogP contribution in [0.25, 0.3) is 0 Å². The van der Waals surface area contributed by atoms with Crippen LogP contribution in [-0.4, -0.2) is 40.5 Å². The first-order valence-corrected chi connectivity index (χ1v) is 6.65. The second kappa shape index (κ2) is 6.99. The number of nitrogens with one attached hydrogen (secondary N) is 2. The lowest BCUT2D eigenvalue weighted by atomic mass is 10.3. The van der Waals surface area contributed by atoms with Gasteiger partial charge in [-0.2, -0.15) is 41.3 Å². The molecule has 2 aromatic rings. The molecule has 2 N–H and O–H groups in total. The van der Waals surface area contributed by atoms with Crippen LogP contribution in [-0.2, 0) is 0 Å². The summed E-state index contributed by atoms with van der Waals surface area (Å²) >= 11 is 0. The van der Waals surface area contributed by atoms with E-state index in [9.17, 15) is 26.3 Å². The van der Waals surface area contributed by atoms with Gasteiger partial charge in [-0.25, -0.2) is 0 Å². The predicted octanol–water partition coefficient (Wildman–Crippen LogP) is 3.53. The highest BCUT2D eigenvalue weighted by Gasteiger charge is 2.59. The Bertz CT molecular complexity index is 692. The highest BCUT2D eigenvalue weighted by atomic mass is 19.4. The number of hydrogen-bond donors (Lipinski definition) is 2. The lowest BCUT2D eigenvalue weighted by Gasteiger charge is -2.22. The average molecular weight is 367 g/mol. The molecule has 12 heteroatoms. The Balaban J connectivity index is 2.32. The number of ether oxygens (including phenoxy) is 1. The number of para-hydroxylation sites is 1. The summed E-state index contributed by atoms with van der Waals surface area (Å²) in [6, 6.07) is 7.09. The molecule has 1 aromatic heterocycles. The first-order chi connectivity index (χ1) is 11.6. The zero-order valence-electron chi connectivity index (χ0n) is 12.5. The van der Waals surface area contributed by atoms with Crippen molar-refractivity contribution in [1.82, 2.24) is 15.0 Å². The van der Waals surface area contributed by atoms with E-state index in [4.69, 9.17) is 0 Å². The van der Waals surface area contributed by atoms with Crippen molar-refractivity contribution in [3.63, 3.8) is 0 Å². The molecule has 25 heavy (non-hydrogen) atoms. The van der Waals surface area contributed by atoms with Crippen molar-refractivity contribution in [2.45, 2.75) is 18.5 Å². The highest BCUT2D eigenvalue weighted by Crippen LogP contribution is 2.36. The smallest absolute Gasteiger partial charge is 0.434 e. The molecule has 0 aliphatic carbocycles. The highest BCUT2D eigenvalue weighted by molar-refractivity contribution is 5.53. The van der Waals surface area contributed by atoms with Gasteiger partial charge in [0.05, 0.1) is 0 Å². The fourth-order valence-electron chi connectivity index (χ4n) is 1.65. The molecule has 6 nitrogen and oxygen atoms in total. The molecule has 0 fully saturated rings. The third-order valence-corrected chi connectivity index (χ3v) is 2.69. The number of rotatable bonds is 5. The van der Waals surface area contributed by atoms with Gasteiger partial charge >= 0.3 is 18.4 Å². The summed E-state index contributed by atoms with van der Waals surface area (Å²) in [6.07, 6.45) is -15.4. The molecule has 0 saturated carbocycles. The number of alkyl halides is 6. The standard InChI is InChI=1S/C13H11F6N5O/c1-20-9-22-10(21-7-5-3-2-4-6-7)24-11(23-9)25-8(12(14,15)16)13(17,18)19/h2-6,8H,1H3,(H2,20,21,22,23,24). The second-order valence-corrected chi connectivity index (χ2v) is 4.59. The molecule has 0 aliphatic rings. The number of nitrogens with zero attached hydrogens (tertiary/aromatic N) is 3. The van der Waals surface area contributed by atoms with Crippen LogP contribution in [0.4, 0.5) is 43.9 Å². The van der Waals surface area contributed by atoms with Crippen molar-refractivity contribution < 1.29 is 31.1 Å². The Hall–Kier alpha value is -2.79. The topological polar surface area (TPSA) is 72.0 Å². The van der Waals surface area contributed by atoms with Crippen molar-refractivity contribution in [1.29, 1.82) is 0 Å². The van der Waals surface area contributed by atoms with Crippen molar-refractivity contribution in [3.8, 4) is 6.01 Å². The van der Waals surface area contributed by atoms with Gasteiger partial charge in [-0.05, 0) is 12.1 Å². The van der Waals surface area contributed by atoms with Crippen LogP contribution < -0.4 is 15.4 Å². The Morgan fingerprint density at radius 3 is 1.96 bits per heavy atom. The summed E-state index contributed by atoms with van der Waals surface area (Å²) in [5.74, 6) is -0.560. The van der Waals surface area contributed by atoms with Crippen LogP contribution in [0.1, 0.15) is 0 Å². The van der Waals surface area contributed by atoms with Crippen LogP contribution in [0.3, 0.4) is 0 Å². The first-order valence-electron chi connectivity index (χ1n) is 6.65. The maximum atomic E-state index is 12.6. The van der Waals surface area contributed by atoms with Gasteiger partial charge in [-0.1, -0.05) is 18.2 Å². The molecule has 0 atom stereocenters. The van der Waals surface area contributed by atoms with Gasteiger partial charge in [0, 0.05) is 12.7 Å². The van der Waals surface area contributed by atoms with E-state index in [-0.39, 0.29) is 11.9 Å². The molecule has 0 bridgehead atoms. The SMILES string of the molecule is CNc1nc(Nc2ccccc2)nc(OC(C(F)(F)F)C(F)(F)F)n1. The van der Waals surface area contributed by atoms with Gasteiger partial charge in [0.2, 0.25) is 11.9 Å². The lowest BCUT2D eigenvalue weighted by molar-refractivity contribution is -0.301. The Morgan fingerprint density at radius 2 is 1.44 bits per heavy atom. The average Bonchev–Trinajstić information content (AvgIpc) is 2.51. The zero-order chi connectivity index (χ0) is 18.7. The number of halogens is 6. The van der Waals surface area contributed by atoms with Crippen LogP contribution in [0, 0.1) is 0 Å². The summed E-state index contributed by atoms with van der Waals surface area (Å²) in [6.45, 7) is 0. The Morgan fingerprint density at radius 1 is 0.880 bits per heavy atom. The Labute approximate surface area is 137 Å². The van der Waals surface area contributed by atoms with Gasteiger partial charge in [0.15, 0.2) is 0 Å². The molecule has 1 aromatic carbocycles. The fraction of sp³-hybridized carbons (Fsp3) is 0.308. The number of hydrogen-bond acceptors (Lipinski definition) is 6. The minimum Gasteiger partial charge on any atom is -0.440 e. The fourth-order valence-corrected chi connectivity index (χ4v) is 1.65. The van der Waals surface area contributed by atoms with Gasteiger partial charge in [0.1, 0.15) is 0 Å². The summed E-state index contributed by atoms with van der Waals surface area (Å²) in [4.78, 5) is 10.6. The normalized spacial score (nSPS) is 12.2.